The molecule has 164 valence electrons. The van der Waals surface area contributed by atoms with Gasteiger partial charge in [-0.3, -0.25) is 9.69 Å². The summed E-state index contributed by atoms with van der Waals surface area (Å²) in [6.07, 6.45) is 3.71. The summed E-state index contributed by atoms with van der Waals surface area (Å²) >= 11 is 0. The Morgan fingerprint density at radius 2 is 1.90 bits per heavy atom. The molecule has 0 unspecified atom stereocenters. The maximum Gasteiger partial charge on any atom is 0.239 e. The Hall–Kier alpha value is -3.30. The van der Waals surface area contributed by atoms with Crippen LogP contribution in [0.3, 0.4) is 0 Å². The molecule has 0 bridgehead atoms. The summed E-state index contributed by atoms with van der Waals surface area (Å²) in [6, 6.07) is 10.7. The van der Waals surface area contributed by atoms with Gasteiger partial charge in [-0.05, 0) is 57.2 Å². The number of para-hydroxylation sites is 1. The van der Waals surface area contributed by atoms with Crippen LogP contribution in [0.2, 0.25) is 0 Å². The van der Waals surface area contributed by atoms with E-state index in [1.165, 1.54) is 19.3 Å². The normalized spacial score (nSPS) is 14.5. The van der Waals surface area contributed by atoms with Gasteiger partial charge < -0.3 is 21.1 Å². The lowest BCUT2D eigenvalue weighted by atomic mass is 10.1. The number of piperidine rings is 1. The summed E-state index contributed by atoms with van der Waals surface area (Å²) in [4.78, 5) is 18.2. The zero-order valence-electron chi connectivity index (χ0n) is 17.8. The molecule has 1 saturated heterocycles. The van der Waals surface area contributed by atoms with Gasteiger partial charge in [0.25, 0.3) is 0 Å². The Kier molecular flexibility index (Phi) is 8.08. The summed E-state index contributed by atoms with van der Waals surface area (Å²) in [5.41, 5.74) is 6.94. The van der Waals surface area contributed by atoms with E-state index in [0.29, 0.717) is 35.2 Å². The number of rotatable bonds is 9. The van der Waals surface area contributed by atoms with Crippen LogP contribution in [0.5, 0.6) is 5.75 Å². The second-order valence-electron chi connectivity index (χ2n) is 7.32. The third-order valence-corrected chi connectivity index (χ3v) is 4.74. The first-order valence-corrected chi connectivity index (χ1v) is 10.3. The van der Waals surface area contributed by atoms with Gasteiger partial charge >= 0.3 is 0 Å². The zero-order valence-corrected chi connectivity index (χ0v) is 17.8. The summed E-state index contributed by atoms with van der Waals surface area (Å²) in [5.74, 6) is 1.57. The highest BCUT2D eigenvalue weighted by atomic mass is 16.5. The lowest BCUT2D eigenvalue weighted by molar-refractivity contribution is -0.115. The summed E-state index contributed by atoms with van der Waals surface area (Å²) in [6.45, 7) is 7.08. The fourth-order valence-electron chi connectivity index (χ4n) is 3.26. The maximum atomic E-state index is 11.7. The van der Waals surface area contributed by atoms with Gasteiger partial charge in [-0.15, -0.1) is 10.2 Å². The number of likely N-dealkylation sites (N-methyl/N-ethyl adjacent to an activating group) is 1. The van der Waals surface area contributed by atoms with E-state index in [9.17, 15) is 4.79 Å². The first kappa shape index (κ1) is 22.4. The van der Waals surface area contributed by atoms with Crippen molar-refractivity contribution in [3.8, 4) is 5.75 Å². The first-order valence-electron chi connectivity index (χ1n) is 10.3. The third-order valence-electron chi connectivity index (χ3n) is 4.74. The van der Waals surface area contributed by atoms with Crippen molar-refractivity contribution >= 4 is 28.9 Å². The molecule has 3 rings (SSSR count). The van der Waals surface area contributed by atoms with E-state index in [0.717, 1.165) is 13.1 Å². The number of pyridine rings is 1. The van der Waals surface area contributed by atoms with Crippen molar-refractivity contribution in [2.75, 3.05) is 44.3 Å². The SMILES string of the molecule is C=C(CN1CCCCC1)Oc1ccccc1N=Nc1ccc(NC(=O)CNC)nc1N. The van der Waals surface area contributed by atoms with Crippen LogP contribution in [0.25, 0.3) is 0 Å². The number of carbonyl (C=O) groups excluding carboxylic acids is 1. The number of ether oxygens (including phenoxy) is 1. The van der Waals surface area contributed by atoms with E-state index in [-0.39, 0.29) is 18.3 Å². The van der Waals surface area contributed by atoms with Crippen molar-refractivity contribution in [1.29, 1.82) is 0 Å². The Morgan fingerprint density at radius 3 is 2.65 bits per heavy atom. The molecule has 1 aromatic carbocycles. The Balaban J connectivity index is 1.65. The molecule has 2 aromatic rings. The lowest BCUT2D eigenvalue weighted by Gasteiger charge is -2.26. The number of aromatic nitrogens is 1. The average molecular weight is 424 g/mol. The second-order valence-corrected chi connectivity index (χ2v) is 7.32. The molecule has 9 nitrogen and oxygen atoms in total. The van der Waals surface area contributed by atoms with E-state index in [2.05, 4.69) is 37.3 Å². The minimum absolute atomic E-state index is 0.166. The van der Waals surface area contributed by atoms with Gasteiger partial charge in [0, 0.05) is 0 Å². The lowest BCUT2D eigenvalue weighted by Crippen LogP contribution is -2.32. The number of nitrogens with one attached hydrogen (secondary N) is 2. The number of likely N-dealkylation sites (tertiary alicyclic amines) is 1. The molecule has 0 spiro atoms. The molecular weight excluding hydrogens is 394 g/mol. The quantitative estimate of drug-likeness (QED) is 0.419. The summed E-state index contributed by atoms with van der Waals surface area (Å²) in [7, 11) is 1.69. The van der Waals surface area contributed by atoms with E-state index in [1.54, 1.807) is 19.2 Å². The number of hydrogen-bond acceptors (Lipinski definition) is 8. The van der Waals surface area contributed by atoms with Crippen molar-refractivity contribution in [1.82, 2.24) is 15.2 Å². The number of carbonyl (C=O) groups is 1. The summed E-state index contributed by atoms with van der Waals surface area (Å²) in [5, 5.41) is 13.9. The van der Waals surface area contributed by atoms with Gasteiger partial charge in [0.15, 0.2) is 11.6 Å². The molecule has 0 atom stereocenters. The van der Waals surface area contributed by atoms with E-state index >= 15 is 0 Å². The molecule has 9 heteroatoms. The average Bonchev–Trinajstić information content (AvgIpc) is 2.75. The fraction of sp³-hybridized carbons (Fsp3) is 0.364. The molecule has 0 saturated carbocycles. The molecule has 1 amide bonds. The summed E-state index contributed by atoms with van der Waals surface area (Å²) < 4.78 is 5.96. The largest absolute Gasteiger partial charge is 0.459 e. The number of azo groups is 1. The third kappa shape index (κ3) is 6.87. The molecule has 1 aromatic heterocycles. The number of nitrogen functional groups attached to an aromatic ring is 1. The van der Waals surface area contributed by atoms with Crippen molar-refractivity contribution in [3.05, 3.63) is 48.7 Å². The molecular formula is C22H29N7O2. The van der Waals surface area contributed by atoms with Crippen molar-refractivity contribution in [2.24, 2.45) is 10.2 Å². The van der Waals surface area contributed by atoms with Crippen LogP contribution in [0.15, 0.2) is 59.0 Å². The zero-order chi connectivity index (χ0) is 22.1. The predicted octanol–water partition coefficient (Wildman–Crippen LogP) is 3.62. The van der Waals surface area contributed by atoms with Crippen molar-refractivity contribution in [2.45, 2.75) is 19.3 Å². The van der Waals surface area contributed by atoms with Crippen LogP contribution in [0.4, 0.5) is 23.0 Å². The van der Waals surface area contributed by atoms with Crippen LogP contribution >= 0.6 is 0 Å². The van der Waals surface area contributed by atoms with E-state index < -0.39 is 0 Å². The Labute approximate surface area is 182 Å². The molecule has 31 heavy (non-hydrogen) atoms. The van der Waals surface area contributed by atoms with Gasteiger partial charge in [0.2, 0.25) is 5.91 Å². The molecule has 1 aliphatic heterocycles. The highest BCUT2D eigenvalue weighted by molar-refractivity contribution is 5.91. The Morgan fingerprint density at radius 1 is 1.16 bits per heavy atom. The van der Waals surface area contributed by atoms with E-state index in [1.807, 2.05) is 24.3 Å². The van der Waals surface area contributed by atoms with Gasteiger partial charge in [-0.25, -0.2) is 4.98 Å². The van der Waals surface area contributed by atoms with Gasteiger partial charge in [-0.2, -0.15) is 0 Å². The highest BCUT2D eigenvalue weighted by Crippen LogP contribution is 2.31. The van der Waals surface area contributed by atoms with Gasteiger partial charge in [0.05, 0.1) is 13.1 Å². The maximum absolute atomic E-state index is 11.7. The number of anilines is 2. The van der Waals surface area contributed by atoms with Crippen molar-refractivity contribution in [3.63, 3.8) is 0 Å². The van der Waals surface area contributed by atoms with Crippen LogP contribution in [-0.2, 0) is 4.79 Å². The molecule has 0 radical (unpaired) electrons. The number of nitrogens with zero attached hydrogens (tertiary/aromatic N) is 4. The molecule has 2 heterocycles. The monoisotopic (exact) mass is 423 g/mol. The number of benzene rings is 1. The Bertz CT molecular complexity index is 939. The minimum Gasteiger partial charge on any atom is -0.459 e. The topological polar surface area (TPSA) is 117 Å². The van der Waals surface area contributed by atoms with E-state index in [4.69, 9.17) is 10.5 Å². The predicted molar refractivity (Wildman–Crippen MR) is 122 cm³/mol. The minimum atomic E-state index is -0.209. The van der Waals surface area contributed by atoms with Gasteiger partial charge in [-0.1, -0.05) is 25.1 Å². The molecule has 4 N–H and O–H groups in total. The number of amides is 1. The second kappa shape index (κ2) is 11.2. The highest BCUT2D eigenvalue weighted by Gasteiger charge is 2.13. The number of nitrogens with two attached hydrogens (primary N) is 1. The smallest absolute Gasteiger partial charge is 0.239 e. The molecule has 1 fully saturated rings. The van der Waals surface area contributed by atoms with Crippen LogP contribution < -0.4 is 21.1 Å². The van der Waals surface area contributed by atoms with Crippen LogP contribution in [0, 0.1) is 0 Å². The molecule has 0 aliphatic carbocycles. The van der Waals surface area contributed by atoms with Gasteiger partial charge in [0.1, 0.15) is 23.0 Å². The molecule has 1 aliphatic rings. The van der Waals surface area contributed by atoms with Crippen molar-refractivity contribution < 1.29 is 9.53 Å². The fourth-order valence-corrected chi connectivity index (χ4v) is 3.26. The number of hydrogen-bond donors (Lipinski definition) is 3. The van der Waals surface area contributed by atoms with Crippen LogP contribution in [-0.4, -0.2) is 49.0 Å². The van der Waals surface area contributed by atoms with Crippen LogP contribution in [0.1, 0.15) is 19.3 Å². The standard InChI is InChI=1S/C22H29N7O2/c1-16(15-29-12-6-3-7-13-29)31-19-9-5-4-8-17(19)27-28-18-10-11-20(26-22(18)23)25-21(30)14-24-2/h4-5,8-11,24H,1,3,6-7,12-15H2,2H3,(H3,23,25,26,30). The first-order chi connectivity index (χ1) is 15.0.